The summed E-state index contributed by atoms with van der Waals surface area (Å²) in [5, 5.41) is 28.4. The second-order valence-corrected chi connectivity index (χ2v) is 6.00. The van der Waals surface area contributed by atoms with Gasteiger partial charge in [0.2, 0.25) is 5.75 Å². The van der Waals surface area contributed by atoms with E-state index in [1.54, 1.807) is 0 Å². The Morgan fingerprint density at radius 2 is 1.74 bits per heavy atom. The third-order valence-corrected chi connectivity index (χ3v) is 4.56. The fourth-order valence-corrected chi connectivity index (χ4v) is 3.43. The molecule has 0 unspecified atom stereocenters. The van der Waals surface area contributed by atoms with E-state index >= 15 is 0 Å². The first-order chi connectivity index (χ1) is 11.0. The molecule has 120 valence electrons. The molecule has 3 N–H and O–H groups in total. The molecule has 0 spiro atoms. The Labute approximate surface area is 133 Å². The highest BCUT2D eigenvalue weighted by Gasteiger charge is 2.37. The fraction of sp³-hybridized carbons (Fsp3) is 0.353. The summed E-state index contributed by atoms with van der Waals surface area (Å²) < 4.78 is 0. The smallest absolute Gasteiger partial charge is 0.358 e. The number of aromatic hydroxyl groups is 2. The number of carbonyl (C=O) groups is 1. The first-order valence-electron chi connectivity index (χ1n) is 7.59. The molecule has 2 aromatic rings. The van der Waals surface area contributed by atoms with Gasteiger partial charge in [-0.15, -0.1) is 0 Å². The molecule has 0 amide bonds. The van der Waals surface area contributed by atoms with E-state index in [4.69, 9.17) is 5.11 Å². The molecule has 6 heteroatoms. The summed E-state index contributed by atoms with van der Waals surface area (Å²) in [5.74, 6) is -2.62. The van der Waals surface area contributed by atoms with Gasteiger partial charge in [-0.3, -0.25) is 0 Å². The van der Waals surface area contributed by atoms with Crippen LogP contribution >= 0.6 is 0 Å². The van der Waals surface area contributed by atoms with Crippen LogP contribution in [0.25, 0.3) is 0 Å². The molecule has 1 heterocycles. The summed E-state index contributed by atoms with van der Waals surface area (Å²) in [6.45, 7) is 0. The Morgan fingerprint density at radius 1 is 1.09 bits per heavy atom. The van der Waals surface area contributed by atoms with Gasteiger partial charge in [0, 0.05) is 11.8 Å². The summed E-state index contributed by atoms with van der Waals surface area (Å²) >= 11 is 0. The molecule has 0 bridgehead atoms. The average Bonchev–Trinajstić information content (AvgIpc) is 3.01. The third-order valence-electron chi connectivity index (χ3n) is 4.56. The van der Waals surface area contributed by atoms with E-state index in [-0.39, 0.29) is 11.2 Å². The number of hydrogen-bond acceptors (Lipinski definition) is 5. The van der Waals surface area contributed by atoms with E-state index in [0.717, 1.165) is 25.7 Å². The molecule has 0 atom stereocenters. The van der Waals surface area contributed by atoms with Crippen molar-refractivity contribution in [3.63, 3.8) is 0 Å². The molecule has 1 saturated carbocycles. The lowest BCUT2D eigenvalue weighted by Gasteiger charge is -2.29. The van der Waals surface area contributed by atoms with Gasteiger partial charge >= 0.3 is 5.97 Å². The highest BCUT2D eigenvalue weighted by atomic mass is 16.4. The van der Waals surface area contributed by atoms with Crippen LogP contribution in [-0.4, -0.2) is 31.3 Å². The van der Waals surface area contributed by atoms with E-state index in [1.165, 1.54) is 5.56 Å². The van der Waals surface area contributed by atoms with Crippen LogP contribution in [-0.2, 0) is 11.8 Å². The minimum Gasteiger partial charge on any atom is -0.501 e. The Balaban J connectivity index is 2.01. The number of aromatic nitrogens is 2. The molecule has 0 saturated heterocycles. The topological polar surface area (TPSA) is 104 Å². The highest BCUT2D eigenvalue weighted by Crippen LogP contribution is 2.43. The molecular formula is C17H18N2O4. The van der Waals surface area contributed by atoms with Crippen molar-refractivity contribution in [3.8, 4) is 11.6 Å². The third kappa shape index (κ3) is 2.84. The SMILES string of the molecule is O=C(O)c1nc(CC2(c3ccccc3)CCCC2)nc(O)c1O. The van der Waals surface area contributed by atoms with Crippen LogP contribution in [0.3, 0.4) is 0 Å². The first kappa shape index (κ1) is 15.3. The fourth-order valence-electron chi connectivity index (χ4n) is 3.43. The van der Waals surface area contributed by atoms with Crippen molar-refractivity contribution in [2.24, 2.45) is 0 Å². The van der Waals surface area contributed by atoms with Crippen molar-refractivity contribution in [2.75, 3.05) is 0 Å². The Morgan fingerprint density at radius 3 is 2.35 bits per heavy atom. The summed E-state index contributed by atoms with van der Waals surface area (Å²) in [6.07, 6.45) is 4.54. The van der Waals surface area contributed by atoms with Crippen LogP contribution < -0.4 is 0 Å². The molecule has 23 heavy (non-hydrogen) atoms. The summed E-state index contributed by atoms with van der Waals surface area (Å²) in [5.41, 5.74) is 0.458. The summed E-state index contributed by atoms with van der Waals surface area (Å²) in [6, 6.07) is 10.0. The predicted octanol–water partition coefficient (Wildman–Crippen LogP) is 2.64. The van der Waals surface area contributed by atoms with Crippen molar-refractivity contribution < 1.29 is 20.1 Å². The molecule has 1 fully saturated rings. The van der Waals surface area contributed by atoms with E-state index < -0.39 is 23.3 Å². The van der Waals surface area contributed by atoms with Crippen LogP contribution in [0.1, 0.15) is 47.6 Å². The van der Waals surface area contributed by atoms with Crippen molar-refractivity contribution in [3.05, 3.63) is 47.4 Å². The number of benzene rings is 1. The van der Waals surface area contributed by atoms with Gasteiger partial charge in [-0.25, -0.2) is 9.78 Å². The van der Waals surface area contributed by atoms with Crippen LogP contribution in [0, 0.1) is 0 Å². The van der Waals surface area contributed by atoms with Crippen LogP contribution in [0.2, 0.25) is 0 Å². The van der Waals surface area contributed by atoms with Crippen LogP contribution in [0.5, 0.6) is 11.6 Å². The maximum Gasteiger partial charge on any atom is 0.358 e. The second-order valence-electron chi connectivity index (χ2n) is 6.00. The Hall–Kier alpha value is -2.63. The number of hydrogen-bond donors (Lipinski definition) is 3. The highest BCUT2D eigenvalue weighted by molar-refractivity contribution is 5.89. The van der Waals surface area contributed by atoms with Gasteiger partial charge in [0.15, 0.2) is 5.69 Å². The Bertz CT molecular complexity index is 725. The lowest BCUT2D eigenvalue weighted by molar-refractivity contribution is 0.0685. The number of carboxylic acid groups (broad SMARTS) is 1. The van der Waals surface area contributed by atoms with Gasteiger partial charge in [0.25, 0.3) is 5.88 Å². The molecule has 1 aliphatic rings. The van der Waals surface area contributed by atoms with Crippen LogP contribution in [0.4, 0.5) is 0 Å². The molecule has 1 aromatic carbocycles. The van der Waals surface area contributed by atoms with E-state index in [0.29, 0.717) is 6.42 Å². The van der Waals surface area contributed by atoms with E-state index in [2.05, 4.69) is 22.1 Å². The lowest BCUT2D eigenvalue weighted by Crippen LogP contribution is -2.26. The zero-order valence-corrected chi connectivity index (χ0v) is 12.6. The quantitative estimate of drug-likeness (QED) is 0.801. The van der Waals surface area contributed by atoms with Crippen molar-refractivity contribution in [1.29, 1.82) is 0 Å². The Kier molecular flexibility index (Phi) is 3.90. The van der Waals surface area contributed by atoms with Crippen molar-refractivity contribution >= 4 is 5.97 Å². The van der Waals surface area contributed by atoms with Gasteiger partial charge in [0.05, 0.1) is 0 Å². The van der Waals surface area contributed by atoms with Crippen LogP contribution in [0.15, 0.2) is 30.3 Å². The van der Waals surface area contributed by atoms with Gasteiger partial charge < -0.3 is 15.3 Å². The predicted molar refractivity (Wildman–Crippen MR) is 82.6 cm³/mol. The molecule has 1 aromatic heterocycles. The molecule has 6 nitrogen and oxygen atoms in total. The molecule has 0 radical (unpaired) electrons. The van der Waals surface area contributed by atoms with Gasteiger partial charge in [-0.1, -0.05) is 43.2 Å². The molecule has 1 aliphatic carbocycles. The maximum atomic E-state index is 11.2. The minimum absolute atomic E-state index is 0.152. The second kappa shape index (κ2) is 5.87. The zero-order chi connectivity index (χ0) is 16.4. The number of aromatic carboxylic acids is 1. The summed E-state index contributed by atoms with van der Waals surface area (Å²) in [7, 11) is 0. The zero-order valence-electron chi connectivity index (χ0n) is 12.6. The van der Waals surface area contributed by atoms with E-state index in [1.807, 2.05) is 18.2 Å². The summed E-state index contributed by atoms with van der Waals surface area (Å²) in [4.78, 5) is 19.0. The first-order valence-corrected chi connectivity index (χ1v) is 7.59. The largest absolute Gasteiger partial charge is 0.501 e. The average molecular weight is 314 g/mol. The minimum atomic E-state index is -1.39. The van der Waals surface area contributed by atoms with E-state index in [9.17, 15) is 15.0 Å². The maximum absolute atomic E-state index is 11.2. The monoisotopic (exact) mass is 314 g/mol. The van der Waals surface area contributed by atoms with Crippen molar-refractivity contribution in [1.82, 2.24) is 9.97 Å². The molecule has 0 aliphatic heterocycles. The lowest BCUT2D eigenvalue weighted by atomic mass is 9.76. The van der Waals surface area contributed by atoms with Gasteiger partial charge in [0.1, 0.15) is 5.82 Å². The van der Waals surface area contributed by atoms with Gasteiger partial charge in [-0.05, 0) is 18.4 Å². The number of nitrogens with zero attached hydrogens (tertiary/aromatic N) is 2. The number of rotatable bonds is 4. The number of carboxylic acids is 1. The molecule has 3 rings (SSSR count). The molecular weight excluding hydrogens is 296 g/mol. The normalized spacial score (nSPS) is 16.3. The van der Waals surface area contributed by atoms with Gasteiger partial charge in [-0.2, -0.15) is 4.98 Å². The standard InChI is InChI=1S/C17H18N2O4/c20-14-13(16(22)23)18-12(19-15(14)21)10-17(8-4-5-9-17)11-6-2-1-3-7-11/h1-3,6-7,20H,4-5,8-10H2,(H,22,23)(H,18,19,21). The van der Waals surface area contributed by atoms with Crippen molar-refractivity contribution in [2.45, 2.75) is 37.5 Å².